The van der Waals surface area contributed by atoms with Gasteiger partial charge in [-0.25, -0.2) is 10.5 Å². The third-order valence-corrected chi connectivity index (χ3v) is 4.99. The van der Waals surface area contributed by atoms with Crippen LogP contribution in [0.3, 0.4) is 0 Å². The Morgan fingerprint density at radius 3 is 2.63 bits per heavy atom. The lowest BCUT2D eigenvalue weighted by molar-refractivity contribution is 0.0706. The van der Waals surface area contributed by atoms with Gasteiger partial charge in [0.2, 0.25) is 5.95 Å². The van der Waals surface area contributed by atoms with Crippen molar-refractivity contribution in [2.45, 2.75) is 6.92 Å². The van der Waals surface area contributed by atoms with E-state index in [0.29, 0.717) is 11.5 Å². The number of nitrogens with one attached hydrogen (secondary N) is 2. The summed E-state index contributed by atoms with van der Waals surface area (Å²) >= 11 is 0. The van der Waals surface area contributed by atoms with Gasteiger partial charge >= 0.3 is 0 Å². The summed E-state index contributed by atoms with van der Waals surface area (Å²) in [5, 5.41) is 17.5. The number of hydroxylamine groups is 1. The van der Waals surface area contributed by atoms with Crippen molar-refractivity contribution in [3.8, 4) is 0 Å². The molecule has 9 nitrogen and oxygen atoms in total. The Bertz CT molecular complexity index is 1220. The molecule has 0 aliphatic carbocycles. The third kappa shape index (κ3) is 3.65. The zero-order chi connectivity index (χ0) is 21.3. The summed E-state index contributed by atoms with van der Waals surface area (Å²) < 4.78 is 1.87. The van der Waals surface area contributed by atoms with Crippen LogP contribution in [0.15, 0.2) is 54.7 Å². The highest BCUT2D eigenvalue weighted by molar-refractivity contribution is 5.93. The van der Waals surface area contributed by atoms with E-state index in [2.05, 4.69) is 26.4 Å². The zero-order valence-corrected chi connectivity index (χ0v) is 16.8. The monoisotopic (exact) mass is 403 g/mol. The summed E-state index contributed by atoms with van der Waals surface area (Å²) in [5.74, 6) is 0.575. The van der Waals surface area contributed by atoms with Gasteiger partial charge in [0.05, 0.1) is 5.52 Å². The van der Waals surface area contributed by atoms with E-state index < -0.39 is 5.91 Å². The van der Waals surface area contributed by atoms with Crippen molar-refractivity contribution in [3.63, 3.8) is 0 Å². The van der Waals surface area contributed by atoms with Crippen LogP contribution in [0, 0.1) is 6.92 Å². The van der Waals surface area contributed by atoms with Crippen LogP contribution in [-0.2, 0) is 7.05 Å². The highest BCUT2D eigenvalue weighted by atomic mass is 16.5. The van der Waals surface area contributed by atoms with Crippen molar-refractivity contribution < 1.29 is 10.0 Å². The van der Waals surface area contributed by atoms with E-state index in [1.165, 1.54) is 0 Å². The molecule has 2 aromatic carbocycles. The van der Waals surface area contributed by atoms with Gasteiger partial charge in [0.1, 0.15) is 5.82 Å². The molecule has 4 rings (SSSR count). The summed E-state index contributed by atoms with van der Waals surface area (Å²) in [7, 11) is 3.87. The molecule has 0 radical (unpaired) electrons. The fourth-order valence-corrected chi connectivity index (χ4v) is 3.16. The molecule has 9 heteroatoms. The van der Waals surface area contributed by atoms with Crippen molar-refractivity contribution in [3.05, 3.63) is 66.0 Å². The predicted octanol–water partition coefficient (Wildman–Crippen LogP) is 3.30. The second-order valence-electron chi connectivity index (χ2n) is 6.85. The van der Waals surface area contributed by atoms with Gasteiger partial charge in [-0.2, -0.15) is 10.1 Å². The van der Waals surface area contributed by atoms with Crippen molar-refractivity contribution >= 4 is 40.0 Å². The van der Waals surface area contributed by atoms with Crippen LogP contribution in [0.5, 0.6) is 0 Å². The molecule has 2 aromatic heterocycles. The van der Waals surface area contributed by atoms with Gasteiger partial charge < -0.3 is 10.2 Å². The average Bonchev–Trinajstić information content (AvgIpc) is 3.06. The Balaban J connectivity index is 1.56. The van der Waals surface area contributed by atoms with Gasteiger partial charge in [-0.05, 0) is 55.5 Å². The van der Waals surface area contributed by atoms with Crippen molar-refractivity contribution in [1.82, 2.24) is 25.2 Å². The molecule has 1 amide bonds. The van der Waals surface area contributed by atoms with Crippen molar-refractivity contribution in [2.24, 2.45) is 7.05 Å². The SMILES string of the molecule is Cc1c2ccc(N(C)c3ccnc(Nc4ccc(C(=O)NO)cc4)n3)cc2nn1C. The quantitative estimate of drug-likeness (QED) is 0.347. The summed E-state index contributed by atoms with van der Waals surface area (Å²) in [6, 6.07) is 14.6. The van der Waals surface area contributed by atoms with Crippen LogP contribution in [-0.4, -0.2) is 37.9 Å². The molecule has 0 unspecified atom stereocenters. The molecule has 0 fully saturated rings. The van der Waals surface area contributed by atoms with E-state index in [-0.39, 0.29) is 0 Å². The molecule has 0 bridgehead atoms. The van der Waals surface area contributed by atoms with Crippen LogP contribution in [0.25, 0.3) is 10.9 Å². The largest absolute Gasteiger partial charge is 0.329 e. The molecular weight excluding hydrogens is 382 g/mol. The number of fused-ring (bicyclic) bond motifs is 1. The van der Waals surface area contributed by atoms with Gasteiger partial charge in [0.15, 0.2) is 0 Å². The van der Waals surface area contributed by atoms with E-state index in [9.17, 15) is 4.79 Å². The average molecular weight is 403 g/mol. The van der Waals surface area contributed by atoms with E-state index in [1.807, 2.05) is 48.8 Å². The fraction of sp³-hybridized carbons (Fsp3) is 0.143. The molecule has 152 valence electrons. The van der Waals surface area contributed by atoms with Crippen molar-refractivity contribution in [2.75, 3.05) is 17.3 Å². The summed E-state index contributed by atoms with van der Waals surface area (Å²) in [6.07, 6.45) is 1.68. The first-order valence-electron chi connectivity index (χ1n) is 9.28. The smallest absolute Gasteiger partial charge is 0.274 e. The lowest BCUT2D eigenvalue weighted by Gasteiger charge is -2.19. The number of rotatable bonds is 5. The van der Waals surface area contributed by atoms with Gasteiger partial charge in [-0.15, -0.1) is 0 Å². The molecule has 4 aromatic rings. The first-order valence-corrected chi connectivity index (χ1v) is 9.28. The van der Waals surface area contributed by atoms with Gasteiger partial charge in [0, 0.05) is 48.3 Å². The lowest BCUT2D eigenvalue weighted by atomic mass is 10.2. The zero-order valence-electron chi connectivity index (χ0n) is 16.8. The second-order valence-corrected chi connectivity index (χ2v) is 6.85. The lowest BCUT2D eigenvalue weighted by Crippen LogP contribution is -2.18. The molecule has 0 aliphatic heterocycles. The molecule has 0 saturated carbocycles. The number of hydrogen-bond acceptors (Lipinski definition) is 7. The van der Waals surface area contributed by atoms with Gasteiger partial charge in [0.25, 0.3) is 5.91 Å². The standard InChI is InChI=1S/C21H21N7O2/c1-13-17-9-8-16(12-18(17)25-28(13)3)27(2)19-10-11-22-21(24-19)23-15-6-4-14(5-7-15)20(29)26-30/h4-12,30H,1-3H3,(H,26,29)(H,22,23,24). The van der Waals surface area contributed by atoms with Gasteiger partial charge in [-0.1, -0.05) is 0 Å². The number of nitrogens with zero attached hydrogens (tertiary/aromatic N) is 5. The number of anilines is 4. The number of amides is 1. The summed E-state index contributed by atoms with van der Waals surface area (Å²) in [5.41, 5.74) is 5.68. The topological polar surface area (TPSA) is 108 Å². The van der Waals surface area contributed by atoms with Crippen LogP contribution in [0.2, 0.25) is 0 Å². The van der Waals surface area contributed by atoms with Crippen LogP contribution >= 0.6 is 0 Å². The van der Waals surface area contributed by atoms with Crippen LogP contribution < -0.4 is 15.7 Å². The van der Waals surface area contributed by atoms with E-state index in [4.69, 9.17) is 5.21 Å². The first kappa shape index (κ1) is 19.3. The maximum Gasteiger partial charge on any atom is 0.274 e. The molecule has 0 saturated heterocycles. The highest BCUT2D eigenvalue weighted by Gasteiger charge is 2.11. The van der Waals surface area contributed by atoms with Crippen LogP contribution in [0.4, 0.5) is 23.1 Å². The second kappa shape index (κ2) is 7.80. The minimum Gasteiger partial charge on any atom is -0.329 e. The predicted molar refractivity (Wildman–Crippen MR) is 115 cm³/mol. The molecule has 0 atom stereocenters. The van der Waals surface area contributed by atoms with E-state index in [0.717, 1.165) is 33.8 Å². The Hall–Kier alpha value is -3.98. The number of carbonyl (C=O) groups excluding carboxylic acids is 1. The van der Waals surface area contributed by atoms with Crippen molar-refractivity contribution in [1.29, 1.82) is 0 Å². The maximum atomic E-state index is 11.4. The molecule has 0 spiro atoms. The molecule has 0 aliphatic rings. The minimum atomic E-state index is -0.568. The molecular formula is C21H21N7O2. The maximum absolute atomic E-state index is 11.4. The number of carbonyl (C=O) groups is 1. The fourth-order valence-electron chi connectivity index (χ4n) is 3.16. The molecule has 2 heterocycles. The number of aromatic nitrogens is 4. The summed E-state index contributed by atoms with van der Waals surface area (Å²) in [4.78, 5) is 22.2. The Morgan fingerprint density at radius 2 is 1.90 bits per heavy atom. The number of benzene rings is 2. The van der Waals surface area contributed by atoms with E-state index in [1.54, 1.807) is 35.9 Å². The van der Waals surface area contributed by atoms with E-state index >= 15 is 0 Å². The normalized spacial score (nSPS) is 10.8. The van der Waals surface area contributed by atoms with Gasteiger partial charge in [-0.3, -0.25) is 14.7 Å². The Morgan fingerprint density at radius 1 is 1.13 bits per heavy atom. The highest BCUT2D eigenvalue weighted by Crippen LogP contribution is 2.27. The van der Waals surface area contributed by atoms with Crippen LogP contribution in [0.1, 0.15) is 16.1 Å². The minimum absolute atomic E-state index is 0.345. The summed E-state index contributed by atoms with van der Waals surface area (Å²) in [6.45, 7) is 2.05. The molecule has 30 heavy (non-hydrogen) atoms. The first-order chi connectivity index (χ1) is 14.5. The Labute approximate surface area is 173 Å². The number of aryl methyl sites for hydroxylation is 2. The molecule has 3 N–H and O–H groups in total. The Kier molecular flexibility index (Phi) is 5.03. The third-order valence-electron chi connectivity index (χ3n) is 4.99. The number of hydrogen-bond donors (Lipinski definition) is 3.